The number of anilines is 1. The summed E-state index contributed by atoms with van der Waals surface area (Å²) in [5.41, 5.74) is 2.92. The van der Waals surface area contributed by atoms with Crippen LogP contribution in [0.25, 0.3) is 22.9 Å². The van der Waals surface area contributed by atoms with Gasteiger partial charge in [0.25, 0.3) is 0 Å². The Kier molecular flexibility index (Phi) is 3.16. The average molecular weight is 265 g/mol. The number of H-pyrrole nitrogens is 1. The second-order valence-corrected chi connectivity index (χ2v) is 4.66. The highest BCUT2D eigenvalue weighted by molar-refractivity contribution is 5.62. The number of nitrogens with zero attached hydrogens (tertiary/aromatic N) is 4. The Balaban J connectivity index is 1.90. The van der Waals surface area contributed by atoms with Gasteiger partial charge >= 0.3 is 0 Å². The number of aromatic amines is 1. The molecular formula is C15H15N5. The minimum atomic E-state index is 0.677. The van der Waals surface area contributed by atoms with Crippen molar-refractivity contribution in [2.24, 2.45) is 0 Å². The lowest BCUT2D eigenvalue weighted by molar-refractivity contribution is 1.09. The monoisotopic (exact) mass is 265 g/mol. The summed E-state index contributed by atoms with van der Waals surface area (Å²) in [6, 6.07) is 13.8. The van der Waals surface area contributed by atoms with Crippen molar-refractivity contribution in [3.05, 3.63) is 48.7 Å². The molecule has 0 aliphatic rings. The maximum absolute atomic E-state index is 4.48. The Hall–Kier alpha value is -2.69. The molecule has 1 aromatic carbocycles. The van der Waals surface area contributed by atoms with E-state index >= 15 is 0 Å². The van der Waals surface area contributed by atoms with Crippen molar-refractivity contribution < 1.29 is 0 Å². The molecule has 5 heteroatoms. The van der Waals surface area contributed by atoms with Crippen molar-refractivity contribution in [1.29, 1.82) is 0 Å². The predicted molar refractivity (Wildman–Crippen MR) is 79.4 cm³/mol. The van der Waals surface area contributed by atoms with Crippen LogP contribution in [-0.4, -0.2) is 34.3 Å². The molecule has 0 aliphatic heterocycles. The molecule has 0 unspecified atom stereocenters. The summed E-state index contributed by atoms with van der Waals surface area (Å²) in [5.74, 6) is 1.35. The summed E-state index contributed by atoms with van der Waals surface area (Å²) >= 11 is 0. The summed E-state index contributed by atoms with van der Waals surface area (Å²) in [5, 5.41) is 7.17. The number of benzene rings is 1. The molecule has 0 aliphatic carbocycles. The lowest BCUT2D eigenvalue weighted by atomic mass is 10.2. The topological polar surface area (TPSA) is 57.7 Å². The van der Waals surface area contributed by atoms with Gasteiger partial charge in [0.15, 0.2) is 11.6 Å². The predicted octanol–water partition coefficient (Wildman–Crippen LogP) is 2.60. The maximum atomic E-state index is 4.48. The molecule has 0 fully saturated rings. The van der Waals surface area contributed by atoms with Gasteiger partial charge in [0, 0.05) is 31.5 Å². The van der Waals surface area contributed by atoms with Crippen LogP contribution in [0.4, 0.5) is 5.69 Å². The Labute approximate surface area is 117 Å². The van der Waals surface area contributed by atoms with Crippen molar-refractivity contribution in [1.82, 2.24) is 20.2 Å². The third-order valence-corrected chi connectivity index (χ3v) is 3.03. The van der Waals surface area contributed by atoms with Crippen LogP contribution in [0.3, 0.4) is 0 Å². The van der Waals surface area contributed by atoms with Crippen LogP contribution >= 0.6 is 0 Å². The zero-order valence-electron chi connectivity index (χ0n) is 11.4. The van der Waals surface area contributed by atoms with Gasteiger partial charge in [-0.25, -0.2) is 4.98 Å². The number of aromatic nitrogens is 4. The molecule has 0 amide bonds. The zero-order chi connectivity index (χ0) is 13.9. The fraction of sp³-hybridized carbons (Fsp3) is 0.133. The van der Waals surface area contributed by atoms with Gasteiger partial charge in [-0.1, -0.05) is 6.07 Å². The number of hydrogen-bond acceptors (Lipinski definition) is 4. The molecule has 2 aromatic heterocycles. The van der Waals surface area contributed by atoms with Crippen molar-refractivity contribution in [3.8, 4) is 22.9 Å². The molecular weight excluding hydrogens is 250 g/mol. The molecule has 0 saturated carbocycles. The second kappa shape index (κ2) is 5.13. The third kappa shape index (κ3) is 2.38. The van der Waals surface area contributed by atoms with E-state index in [1.807, 2.05) is 56.6 Å². The first-order valence-electron chi connectivity index (χ1n) is 6.35. The fourth-order valence-electron chi connectivity index (χ4n) is 1.92. The van der Waals surface area contributed by atoms with Gasteiger partial charge in [0.2, 0.25) is 0 Å². The second-order valence-electron chi connectivity index (χ2n) is 4.66. The van der Waals surface area contributed by atoms with E-state index in [2.05, 4.69) is 25.1 Å². The van der Waals surface area contributed by atoms with Crippen molar-refractivity contribution >= 4 is 5.69 Å². The molecule has 5 nitrogen and oxygen atoms in total. The smallest absolute Gasteiger partial charge is 0.181 e. The Bertz CT molecular complexity index is 686. The SMILES string of the molecule is CN(C)c1ccc(-c2n[nH]c(-c3ccccn3)n2)cc1. The third-order valence-electron chi connectivity index (χ3n) is 3.03. The van der Waals surface area contributed by atoms with Crippen LogP contribution in [0, 0.1) is 0 Å². The van der Waals surface area contributed by atoms with E-state index in [1.54, 1.807) is 6.20 Å². The first kappa shape index (κ1) is 12.3. The first-order valence-corrected chi connectivity index (χ1v) is 6.35. The first-order chi connectivity index (χ1) is 9.74. The molecule has 0 spiro atoms. The van der Waals surface area contributed by atoms with Gasteiger partial charge in [0.05, 0.1) is 0 Å². The zero-order valence-corrected chi connectivity index (χ0v) is 11.4. The van der Waals surface area contributed by atoms with Gasteiger partial charge in [0.1, 0.15) is 5.69 Å². The van der Waals surface area contributed by atoms with E-state index in [9.17, 15) is 0 Å². The Morgan fingerprint density at radius 3 is 2.45 bits per heavy atom. The summed E-state index contributed by atoms with van der Waals surface area (Å²) in [6.45, 7) is 0. The van der Waals surface area contributed by atoms with E-state index < -0.39 is 0 Å². The quantitative estimate of drug-likeness (QED) is 0.790. The normalized spacial score (nSPS) is 10.5. The van der Waals surface area contributed by atoms with Crippen molar-refractivity contribution in [3.63, 3.8) is 0 Å². The van der Waals surface area contributed by atoms with Crippen molar-refractivity contribution in [2.75, 3.05) is 19.0 Å². The Morgan fingerprint density at radius 1 is 1.00 bits per heavy atom. The molecule has 3 aromatic rings. The van der Waals surface area contributed by atoms with E-state index in [-0.39, 0.29) is 0 Å². The molecule has 0 saturated heterocycles. The highest BCUT2D eigenvalue weighted by Crippen LogP contribution is 2.21. The van der Waals surface area contributed by atoms with Crippen LogP contribution < -0.4 is 4.90 Å². The highest BCUT2D eigenvalue weighted by atomic mass is 15.2. The van der Waals surface area contributed by atoms with Crippen LogP contribution in [0.15, 0.2) is 48.7 Å². The lowest BCUT2D eigenvalue weighted by Crippen LogP contribution is -2.07. The lowest BCUT2D eigenvalue weighted by Gasteiger charge is -2.11. The molecule has 0 atom stereocenters. The molecule has 3 rings (SSSR count). The van der Waals surface area contributed by atoms with Crippen LogP contribution in [0.5, 0.6) is 0 Å². The van der Waals surface area contributed by atoms with Crippen LogP contribution in [0.2, 0.25) is 0 Å². The molecule has 20 heavy (non-hydrogen) atoms. The number of rotatable bonds is 3. The summed E-state index contributed by atoms with van der Waals surface area (Å²) in [7, 11) is 4.03. The minimum absolute atomic E-state index is 0.677. The fourth-order valence-corrected chi connectivity index (χ4v) is 1.92. The largest absolute Gasteiger partial charge is 0.378 e. The average Bonchev–Trinajstić information content (AvgIpc) is 2.98. The van der Waals surface area contributed by atoms with E-state index in [0.717, 1.165) is 16.9 Å². The van der Waals surface area contributed by atoms with Gasteiger partial charge in [-0.15, -0.1) is 0 Å². The van der Waals surface area contributed by atoms with Gasteiger partial charge in [-0.05, 0) is 36.4 Å². The molecule has 1 N–H and O–H groups in total. The number of pyridine rings is 1. The van der Waals surface area contributed by atoms with Gasteiger partial charge in [-0.3, -0.25) is 10.1 Å². The maximum Gasteiger partial charge on any atom is 0.181 e. The summed E-state index contributed by atoms with van der Waals surface area (Å²) < 4.78 is 0. The van der Waals surface area contributed by atoms with Crippen LogP contribution in [0.1, 0.15) is 0 Å². The van der Waals surface area contributed by atoms with Gasteiger partial charge < -0.3 is 4.90 Å². The van der Waals surface area contributed by atoms with Gasteiger partial charge in [-0.2, -0.15) is 5.10 Å². The highest BCUT2D eigenvalue weighted by Gasteiger charge is 2.08. The minimum Gasteiger partial charge on any atom is -0.378 e. The number of hydrogen-bond donors (Lipinski definition) is 1. The molecule has 2 heterocycles. The van der Waals surface area contributed by atoms with Crippen molar-refractivity contribution in [2.45, 2.75) is 0 Å². The molecule has 100 valence electrons. The summed E-state index contributed by atoms with van der Waals surface area (Å²) in [6.07, 6.45) is 1.74. The molecule has 0 radical (unpaired) electrons. The van der Waals surface area contributed by atoms with E-state index in [4.69, 9.17) is 0 Å². The van der Waals surface area contributed by atoms with Crippen LogP contribution in [-0.2, 0) is 0 Å². The standard InChI is InChI=1S/C15H15N5/c1-20(2)12-8-6-11(7-9-12)14-17-15(19-18-14)13-5-3-4-10-16-13/h3-10H,1-2H3,(H,17,18,19). The Morgan fingerprint density at radius 2 is 1.80 bits per heavy atom. The number of nitrogens with one attached hydrogen (secondary N) is 1. The summed E-state index contributed by atoms with van der Waals surface area (Å²) in [4.78, 5) is 10.8. The van der Waals surface area contributed by atoms with E-state index in [1.165, 1.54) is 0 Å². The van der Waals surface area contributed by atoms with E-state index in [0.29, 0.717) is 11.6 Å². The molecule has 0 bridgehead atoms.